The molecule has 0 aromatic carbocycles. The molecule has 0 bridgehead atoms. The second-order valence-corrected chi connectivity index (χ2v) is 14.4. The van der Waals surface area contributed by atoms with Gasteiger partial charge in [0.05, 0.1) is 18.8 Å². The van der Waals surface area contributed by atoms with E-state index in [1.165, 1.54) is 5.57 Å². The van der Waals surface area contributed by atoms with E-state index >= 15 is 0 Å². The minimum absolute atomic E-state index is 0.0480. The Balaban J connectivity index is 3.38. The van der Waals surface area contributed by atoms with Gasteiger partial charge in [-0.3, -0.25) is 14.1 Å². The van der Waals surface area contributed by atoms with Crippen LogP contribution in [-0.4, -0.2) is 83.0 Å². The lowest BCUT2D eigenvalue weighted by Gasteiger charge is -2.23. The molecular weight excluding hydrogens is 713 g/mol. The Morgan fingerprint density at radius 1 is 1.00 bits per heavy atom. The summed E-state index contributed by atoms with van der Waals surface area (Å²) in [5.74, 6) is -1.44. The summed E-state index contributed by atoms with van der Waals surface area (Å²) in [5.41, 5.74) is 4.14. The third kappa shape index (κ3) is 20.9. The molecule has 1 aliphatic rings. The molecule has 0 radical (unpaired) electrons. The SMILES string of the molecule is CO[C@H]1/C=C(C)/C=C/[C@@H](C)/C=C(\C)C(=O)O[C@H](/C(C)=C/C=C(\C)CNC(=O)[C@H](COS(=O)(=O)O)NC=O)[C@@H](C)/C=C/C=C/[C@H](OC)CC/C=C(C)/C=C/C1. The van der Waals surface area contributed by atoms with Crippen molar-refractivity contribution < 1.29 is 45.7 Å². The summed E-state index contributed by atoms with van der Waals surface area (Å²) in [6.07, 6.45) is 27.6. The Hall–Kier alpha value is -4.14. The fraction of sp³-hybridized carbons (Fsp3) is 0.488. The molecule has 0 saturated heterocycles. The fourth-order valence-corrected chi connectivity index (χ4v) is 5.50. The van der Waals surface area contributed by atoms with Crippen LogP contribution in [0.15, 0.2) is 107 Å². The number of carbonyl (C=O) groups excluding carboxylic acids is 3. The van der Waals surface area contributed by atoms with E-state index in [2.05, 4.69) is 46.0 Å². The van der Waals surface area contributed by atoms with E-state index in [1.807, 2.05) is 70.2 Å². The topological polar surface area (TPSA) is 167 Å². The van der Waals surface area contributed by atoms with Gasteiger partial charge in [-0.25, -0.2) is 8.98 Å². The van der Waals surface area contributed by atoms with E-state index < -0.39 is 41.0 Å². The molecule has 1 aliphatic heterocycles. The summed E-state index contributed by atoms with van der Waals surface area (Å²) >= 11 is 0. The van der Waals surface area contributed by atoms with Gasteiger partial charge in [0.25, 0.3) is 0 Å². The van der Waals surface area contributed by atoms with Crippen LogP contribution in [0.1, 0.15) is 67.7 Å². The third-order valence-electron chi connectivity index (χ3n) is 8.37. The molecule has 1 rings (SSSR count). The van der Waals surface area contributed by atoms with Crippen LogP contribution in [0.4, 0.5) is 0 Å². The smallest absolute Gasteiger partial charge is 0.397 e. The maximum atomic E-state index is 13.4. The quantitative estimate of drug-likeness (QED) is 0.0876. The molecular formula is C41H60N2O10S. The molecule has 13 heteroatoms. The zero-order valence-corrected chi connectivity index (χ0v) is 33.9. The molecule has 2 amide bonds. The number of rotatable bonds is 12. The number of esters is 1. The van der Waals surface area contributed by atoms with Crippen molar-refractivity contribution in [2.75, 3.05) is 27.4 Å². The predicted octanol–water partition coefficient (Wildman–Crippen LogP) is 6.39. The number of carbonyl (C=O) groups is 3. The summed E-state index contributed by atoms with van der Waals surface area (Å²) in [4.78, 5) is 36.9. The largest absolute Gasteiger partial charge is 0.454 e. The number of hydrogen-bond acceptors (Lipinski definition) is 9. The van der Waals surface area contributed by atoms with Gasteiger partial charge in [0.1, 0.15) is 12.1 Å². The molecule has 6 atom stereocenters. The third-order valence-corrected chi connectivity index (χ3v) is 8.81. The van der Waals surface area contributed by atoms with Crippen LogP contribution in [0.5, 0.6) is 0 Å². The Kier molecular flexibility index (Phi) is 22.9. The van der Waals surface area contributed by atoms with Crippen molar-refractivity contribution in [3.8, 4) is 0 Å². The monoisotopic (exact) mass is 772 g/mol. The van der Waals surface area contributed by atoms with E-state index in [0.717, 1.165) is 30.4 Å². The number of cyclic esters (lactones) is 1. The van der Waals surface area contributed by atoms with Crippen LogP contribution < -0.4 is 10.6 Å². The molecule has 300 valence electrons. The van der Waals surface area contributed by atoms with Gasteiger partial charge in [0.15, 0.2) is 0 Å². The molecule has 3 N–H and O–H groups in total. The first-order chi connectivity index (χ1) is 25.5. The second-order valence-electron chi connectivity index (χ2n) is 13.3. The summed E-state index contributed by atoms with van der Waals surface area (Å²) in [6.45, 7) is 12.7. The molecule has 0 aliphatic carbocycles. The zero-order chi connectivity index (χ0) is 40.7. The van der Waals surface area contributed by atoms with Crippen molar-refractivity contribution in [1.82, 2.24) is 10.6 Å². The van der Waals surface area contributed by atoms with E-state index in [9.17, 15) is 22.8 Å². The van der Waals surface area contributed by atoms with E-state index in [1.54, 1.807) is 40.2 Å². The van der Waals surface area contributed by atoms with Gasteiger partial charge in [-0.15, -0.1) is 0 Å². The van der Waals surface area contributed by atoms with Crippen molar-refractivity contribution in [1.29, 1.82) is 0 Å². The Bertz CT molecular complexity index is 1610. The number of nitrogens with one attached hydrogen (secondary N) is 2. The average molecular weight is 773 g/mol. The highest BCUT2D eigenvalue weighted by Gasteiger charge is 2.23. The van der Waals surface area contributed by atoms with Crippen molar-refractivity contribution >= 4 is 28.7 Å². The van der Waals surface area contributed by atoms with E-state index in [-0.39, 0.29) is 37.0 Å². The van der Waals surface area contributed by atoms with Gasteiger partial charge < -0.3 is 24.8 Å². The summed E-state index contributed by atoms with van der Waals surface area (Å²) in [7, 11) is -1.43. The number of methoxy groups -OCH3 is 2. The number of hydrogen-bond donors (Lipinski definition) is 3. The minimum Gasteiger partial charge on any atom is -0.454 e. The highest BCUT2D eigenvalue weighted by molar-refractivity contribution is 7.80. The van der Waals surface area contributed by atoms with Gasteiger partial charge in [-0.1, -0.05) is 110 Å². The van der Waals surface area contributed by atoms with Crippen molar-refractivity contribution in [2.45, 2.75) is 92.1 Å². The molecule has 12 nitrogen and oxygen atoms in total. The molecule has 0 spiro atoms. The Labute approximate surface area is 322 Å². The van der Waals surface area contributed by atoms with Crippen LogP contribution in [-0.2, 0) is 43.2 Å². The first kappa shape index (κ1) is 47.9. The van der Waals surface area contributed by atoms with E-state index in [4.69, 9.17) is 18.8 Å². The maximum Gasteiger partial charge on any atom is 0.397 e. The van der Waals surface area contributed by atoms with Gasteiger partial charge in [-0.2, -0.15) is 8.42 Å². The lowest BCUT2D eigenvalue weighted by molar-refractivity contribution is -0.144. The standard InChI is InChI=1S/C41H60N2O10S/c1-29-14-12-18-36(50-8)17-11-10-16-33(5)39(34(6)23-22-32(4)26-42-40(45)38(43-28-44)27-52-54(47,48)49)53-41(46)35(7)24-30(2)20-21-31(3)25-37(51-9)19-13-15-29/h10-11,13-17,20-25,28,30,33,36-39H,12,18-19,26-27H2,1-9H3,(H,42,45)(H,43,44)(H,47,48,49)/b15-13+,16-10+,17-11+,21-20+,29-14+,31-25+,32-22+,34-23+,35-24+/t30-,33+,36+,37-,38+,39+/m1/s1. The van der Waals surface area contributed by atoms with Gasteiger partial charge in [0.2, 0.25) is 12.3 Å². The van der Waals surface area contributed by atoms with Crippen LogP contribution in [0.2, 0.25) is 0 Å². The Morgan fingerprint density at radius 3 is 2.33 bits per heavy atom. The van der Waals surface area contributed by atoms with E-state index in [0.29, 0.717) is 11.1 Å². The van der Waals surface area contributed by atoms with Crippen LogP contribution in [0.3, 0.4) is 0 Å². The first-order valence-corrected chi connectivity index (χ1v) is 19.3. The number of amides is 2. The second kappa shape index (κ2) is 25.8. The molecule has 0 aromatic heterocycles. The van der Waals surface area contributed by atoms with Crippen molar-refractivity contribution in [2.24, 2.45) is 11.8 Å². The molecule has 1 heterocycles. The van der Waals surface area contributed by atoms with Gasteiger partial charge in [-0.05, 0) is 65.4 Å². The molecule has 0 saturated carbocycles. The summed E-state index contributed by atoms with van der Waals surface area (Å²) < 4.78 is 52.3. The predicted molar refractivity (Wildman–Crippen MR) is 212 cm³/mol. The number of allylic oxidation sites excluding steroid dienone is 11. The lowest BCUT2D eigenvalue weighted by atomic mass is 9.96. The fourth-order valence-electron chi connectivity index (χ4n) is 5.19. The molecule has 0 fully saturated rings. The van der Waals surface area contributed by atoms with Gasteiger partial charge in [0, 0.05) is 32.3 Å². The van der Waals surface area contributed by atoms with Crippen LogP contribution >= 0.6 is 0 Å². The average Bonchev–Trinajstić information content (AvgIpc) is 3.11. The summed E-state index contributed by atoms with van der Waals surface area (Å²) in [5, 5.41) is 4.74. The molecule has 0 aromatic rings. The first-order valence-electron chi connectivity index (χ1n) is 17.9. The normalized spacial score (nSPS) is 29.3. The highest BCUT2D eigenvalue weighted by atomic mass is 32.3. The van der Waals surface area contributed by atoms with Gasteiger partial charge >= 0.3 is 16.4 Å². The van der Waals surface area contributed by atoms with Crippen LogP contribution in [0, 0.1) is 11.8 Å². The van der Waals surface area contributed by atoms with Crippen molar-refractivity contribution in [3.63, 3.8) is 0 Å². The van der Waals surface area contributed by atoms with Crippen LogP contribution in [0.25, 0.3) is 0 Å². The molecule has 0 unspecified atom stereocenters. The zero-order valence-electron chi connectivity index (χ0n) is 33.1. The van der Waals surface area contributed by atoms with Crippen molar-refractivity contribution in [3.05, 3.63) is 107 Å². The molecule has 54 heavy (non-hydrogen) atoms. The lowest BCUT2D eigenvalue weighted by Crippen LogP contribution is -2.47. The Morgan fingerprint density at radius 2 is 1.69 bits per heavy atom. The number of ether oxygens (including phenoxy) is 3. The maximum absolute atomic E-state index is 13.4. The summed E-state index contributed by atoms with van der Waals surface area (Å²) in [6, 6.07) is -1.35. The highest BCUT2D eigenvalue weighted by Crippen LogP contribution is 2.21. The minimum atomic E-state index is -4.81.